The van der Waals surface area contributed by atoms with Crippen molar-refractivity contribution in [3.63, 3.8) is 0 Å². The van der Waals surface area contributed by atoms with E-state index in [9.17, 15) is 4.79 Å². The number of benzene rings is 1. The highest BCUT2D eigenvalue weighted by Crippen LogP contribution is 2.36. The van der Waals surface area contributed by atoms with Gasteiger partial charge in [-0.25, -0.2) is 0 Å². The van der Waals surface area contributed by atoms with Gasteiger partial charge in [-0.2, -0.15) is 0 Å². The minimum atomic E-state index is -0.407. The Bertz CT molecular complexity index is 708. The number of furan rings is 1. The third kappa shape index (κ3) is 3.25. The van der Waals surface area contributed by atoms with Crippen molar-refractivity contribution in [1.82, 2.24) is 5.32 Å². The molecule has 2 heterocycles. The van der Waals surface area contributed by atoms with E-state index in [4.69, 9.17) is 13.7 Å². The molecular weight excluding hydrogens is 305 g/mol. The van der Waals surface area contributed by atoms with Gasteiger partial charge in [0.1, 0.15) is 0 Å². The second-order valence-electron chi connectivity index (χ2n) is 6.99. The SMILES string of the molecule is CC1(C)OB(c2cccc(CNC(=O)c3ccco3)c2)OC1(C)C. The third-order valence-corrected chi connectivity index (χ3v) is 4.67. The van der Waals surface area contributed by atoms with E-state index in [1.54, 1.807) is 12.1 Å². The Morgan fingerprint density at radius 1 is 1.08 bits per heavy atom. The van der Waals surface area contributed by atoms with Crippen molar-refractivity contribution in [2.24, 2.45) is 0 Å². The maximum atomic E-state index is 11.9. The highest BCUT2D eigenvalue weighted by atomic mass is 16.7. The highest BCUT2D eigenvalue weighted by molar-refractivity contribution is 6.62. The molecule has 6 heteroatoms. The van der Waals surface area contributed by atoms with E-state index < -0.39 is 7.12 Å². The molecule has 1 saturated heterocycles. The van der Waals surface area contributed by atoms with Crippen molar-refractivity contribution >= 4 is 18.5 Å². The quantitative estimate of drug-likeness (QED) is 0.877. The molecule has 0 atom stereocenters. The van der Waals surface area contributed by atoms with Crippen LogP contribution in [0.25, 0.3) is 0 Å². The summed E-state index contributed by atoms with van der Waals surface area (Å²) in [5.74, 6) is 0.0677. The average Bonchev–Trinajstić information content (AvgIpc) is 3.12. The fourth-order valence-electron chi connectivity index (χ4n) is 2.51. The summed E-state index contributed by atoms with van der Waals surface area (Å²) < 4.78 is 17.2. The molecule has 5 nitrogen and oxygen atoms in total. The van der Waals surface area contributed by atoms with Gasteiger partial charge in [0.15, 0.2) is 5.76 Å². The van der Waals surface area contributed by atoms with Crippen LogP contribution in [0.15, 0.2) is 47.1 Å². The lowest BCUT2D eigenvalue weighted by Gasteiger charge is -2.32. The van der Waals surface area contributed by atoms with Crippen LogP contribution in [-0.4, -0.2) is 24.2 Å². The van der Waals surface area contributed by atoms with Gasteiger partial charge in [0.25, 0.3) is 5.91 Å². The molecular formula is C18H22BNO4. The zero-order valence-corrected chi connectivity index (χ0v) is 14.5. The summed E-state index contributed by atoms with van der Waals surface area (Å²) in [6.07, 6.45) is 1.48. The number of rotatable bonds is 4. The summed E-state index contributed by atoms with van der Waals surface area (Å²) in [5.41, 5.74) is 1.17. The number of carbonyl (C=O) groups is 1. The van der Waals surface area contributed by atoms with E-state index >= 15 is 0 Å². The van der Waals surface area contributed by atoms with Crippen LogP contribution in [0.2, 0.25) is 0 Å². The largest absolute Gasteiger partial charge is 0.494 e. The first kappa shape index (κ1) is 16.8. The van der Waals surface area contributed by atoms with Crippen LogP contribution in [0.1, 0.15) is 43.8 Å². The fraction of sp³-hybridized carbons (Fsp3) is 0.389. The standard InChI is InChI=1S/C18H22BNO4/c1-17(2)18(3,4)24-19(23-17)14-8-5-7-13(11-14)12-20-16(21)15-9-6-10-22-15/h5-11H,12H2,1-4H3,(H,20,21). The maximum Gasteiger partial charge on any atom is 0.494 e. The summed E-state index contributed by atoms with van der Waals surface area (Å²) in [6, 6.07) is 11.2. The van der Waals surface area contributed by atoms with Crippen LogP contribution in [0.3, 0.4) is 0 Å². The summed E-state index contributed by atoms with van der Waals surface area (Å²) in [4.78, 5) is 11.9. The first-order valence-electron chi connectivity index (χ1n) is 8.05. The average molecular weight is 327 g/mol. The van der Waals surface area contributed by atoms with Crippen molar-refractivity contribution in [2.75, 3.05) is 0 Å². The zero-order valence-electron chi connectivity index (χ0n) is 14.5. The van der Waals surface area contributed by atoms with Crippen molar-refractivity contribution in [2.45, 2.75) is 45.4 Å². The molecule has 0 radical (unpaired) electrons. The number of carbonyl (C=O) groups excluding carboxylic acids is 1. The van der Waals surface area contributed by atoms with E-state index in [0.717, 1.165) is 11.0 Å². The van der Waals surface area contributed by atoms with Crippen LogP contribution in [0.5, 0.6) is 0 Å². The Hall–Kier alpha value is -2.05. The molecule has 0 saturated carbocycles. The lowest BCUT2D eigenvalue weighted by Crippen LogP contribution is -2.41. The Morgan fingerprint density at radius 2 is 1.79 bits per heavy atom. The molecule has 0 aliphatic carbocycles. The van der Waals surface area contributed by atoms with Crippen LogP contribution in [0, 0.1) is 0 Å². The van der Waals surface area contributed by atoms with Crippen LogP contribution >= 0.6 is 0 Å². The fourth-order valence-corrected chi connectivity index (χ4v) is 2.51. The van der Waals surface area contributed by atoms with E-state index in [1.165, 1.54) is 6.26 Å². The van der Waals surface area contributed by atoms with Crippen molar-refractivity contribution in [1.29, 1.82) is 0 Å². The Balaban J connectivity index is 1.68. The molecule has 1 aromatic heterocycles. The molecule has 1 N–H and O–H groups in total. The number of amides is 1. The third-order valence-electron chi connectivity index (χ3n) is 4.67. The van der Waals surface area contributed by atoms with Crippen LogP contribution in [-0.2, 0) is 15.9 Å². The molecule has 0 unspecified atom stereocenters. The second-order valence-corrected chi connectivity index (χ2v) is 6.99. The predicted molar refractivity (Wildman–Crippen MR) is 92.0 cm³/mol. The molecule has 1 amide bonds. The molecule has 24 heavy (non-hydrogen) atoms. The second kappa shape index (κ2) is 6.11. The van der Waals surface area contributed by atoms with Crippen LogP contribution in [0.4, 0.5) is 0 Å². The number of hydrogen-bond acceptors (Lipinski definition) is 4. The van der Waals surface area contributed by atoms with E-state index in [1.807, 2.05) is 52.0 Å². The molecule has 3 rings (SSSR count). The molecule has 0 bridgehead atoms. The molecule has 1 fully saturated rings. The minimum absolute atomic E-state index is 0.235. The van der Waals surface area contributed by atoms with Gasteiger partial charge in [-0.05, 0) is 50.9 Å². The van der Waals surface area contributed by atoms with Gasteiger partial charge in [-0.15, -0.1) is 0 Å². The van der Waals surface area contributed by atoms with Gasteiger partial charge in [-0.3, -0.25) is 4.79 Å². The first-order valence-corrected chi connectivity index (χ1v) is 8.05. The van der Waals surface area contributed by atoms with Crippen molar-refractivity contribution in [3.05, 3.63) is 54.0 Å². The highest BCUT2D eigenvalue weighted by Gasteiger charge is 2.51. The molecule has 1 aliphatic rings. The van der Waals surface area contributed by atoms with Crippen molar-refractivity contribution < 1.29 is 18.5 Å². The summed E-state index contributed by atoms with van der Waals surface area (Å²) in [7, 11) is -0.407. The minimum Gasteiger partial charge on any atom is -0.459 e. The predicted octanol–water partition coefficient (Wildman–Crippen LogP) is 2.51. The van der Waals surface area contributed by atoms with E-state index in [-0.39, 0.29) is 17.1 Å². The lowest BCUT2D eigenvalue weighted by molar-refractivity contribution is 0.00578. The van der Waals surface area contributed by atoms with E-state index in [0.29, 0.717) is 12.3 Å². The normalized spacial score (nSPS) is 18.6. The summed E-state index contributed by atoms with van der Waals surface area (Å²) in [5, 5.41) is 2.84. The Labute approximate surface area is 142 Å². The van der Waals surface area contributed by atoms with Crippen LogP contribution < -0.4 is 10.8 Å². The maximum absolute atomic E-state index is 11.9. The monoisotopic (exact) mass is 327 g/mol. The summed E-state index contributed by atoms with van der Waals surface area (Å²) in [6.45, 7) is 8.52. The molecule has 1 aliphatic heterocycles. The summed E-state index contributed by atoms with van der Waals surface area (Å²) >= 11 is 0. The van der Waals surface area contributed by atoms with Gasteiger partial charge in [0.05, 0.1) is 17.5 Å². The first-order chi connectivity index (χ1) is 11.3. The zero-order chi connectivity index (χ0) is 17.4. The van der Waals surface area contributed by atoms with E-state index in [2.05, 4.69) is 5.32 Å². The van der Waals surface area contributed by atoms with Gasteiger partial charge in [0.2, 0.25) is 0 Å². The smallest absolute Gasteiger partial charge is 0.459 e. The van der Waals surface area contributed by atoms with Gasteiger partial charge >= 0.3 is 7.12 Å². The molecule has 0 spiro atoms. The Kier molecular flexibility index (Phi) is 4.28. The Morgan fingerprint density at radius 3 is 2.42 bits per heavy atom. The van der Waals surface area contributed by atoms with Gasteiger partial charge in [0, 0.05) is 6.54 Å². The number of nitrogens with one attached hydrogen (secondary N) is 1. The van der Waals surface area contributed by atoms with Crippen molar-refractivity contribution in [3.8, 4) is 0 Å². The van der Waals surface area contributed by atoms with Gasteiger partial charge < -0.3 is 19.0 Å². The van der Waals surface area contributed by atoms with Gasteiger partial charge in [-0.1, -0.05) is 24.3 Å². The lowest BCUT2D eigenvalue weighted by atomic mass is 9.78. The topological polar surface area (TPSA) is 60.7 Å². The molecule has 1 aromatic carbocycles. The number of hydrogen-bond donors (Lipinski definition) is 1. The molecule has 126 valence electrons. The molecule has 2 aromatic rings.